The van der Waals surface area contributed by atoms with Gasteiger partial charge in [0, 0.05) is 16.8 Å². The number of nitrogens with zero attached hydrogens (tertiary/aromatic N) is 1. The van der Waals surface area contributed by atoms with E-state index in [1.165, 1.54) is 0 Å². The van der Waals surface area contributed by atoms with E-state index in [-0.39, 0.29) is 5.91 Å². The third kappa shape index (κ3) is 2.35. The van der Waals surface area contributed by atoms with Gasteiger partial charge in [0.05, 0.1) is 11.3 Å². The zero-order chi connectivity index (χ0) is 13.4. The number of anilines is 1. The Morgan fingerprint density at radius 1 is 1.21 bits per heavy atom. The van der Waals surface area contributed by atoms with Gasteiger partial charge in [-0.3, -0.25) is 4.79 Å². The minimum atomic E-state index is -0.168. The van der Waals surface area contributed by atoms with Crippen LogP contribution in [0.2, 0.25) is 10.2 Å². The summed E-state index contributed by atoms with van der Waals surface area (Å²) in [6, 6.07) is 8.93. The van der Waals surface area contributed by atoms with Crippen molar-refractivity contribution < 1.29 is 4.79 Å². The fourth-order valence-electron chi connectivity index (χ4n) is 1.97. The van der Waals surface area contributed by atoms with E-state index in [2.05, 4.69) is 10.3 Å². The Morgan fingerprint density at radius 2 is 2.05 bits per heavy atom. The summed E-state index contributed by atoms with van der Waals surface area (Å²) in [4.78, 5) is 15.9. The van der Waals surface area contributed by atoms with Crippen LogP contribution in [0, 0.1) is 0 Å². The molecule has 0 saturated carbocycles. The molecule has 0 bridgehead atoms. The van der Waals surface area contributed by atoms with Gasteiger partial charge in [-0.2, -0.15) is 0 Å². The predicted molar refractivity (Wildman–Crippen MR) is 77.2 cm³/mol. The Labute approximate surface area is 119 Å². The van der Waals surface area contributed by atoms with Crippen molar-refractivity contribution in [3.8, 4) is 0 Å². The van der Waals surface area contributed by atoms with Crippen molar-refractivity contribution in [2.45, 2.75) is 0 Å². The van der Waals surface area contributed by atoms with Crippen LogP contribution < -0.4 is 5.32 Å². The number of aromatic nitrogens is 1. The molecule has 94 valence electrons. The second-order valence-corrected chi connectivity index (χ2v) is 4.94. The zero-order valence-corrected chi connectivity index (χ0v) is 11.2. The summed E-state index contributed by atoms with van der Waals surface area (Å²) >= 11 is 11.7. The number of amides is 1. The van der Waals surface area contributed by atoms with Crippen LogP contribution in [0.5, 0.6) is 0 Å². The summed E-state index contributed by atoms with van der Waals surface area (Å²) < 4.78 is 0. The Kier molecular flexibility index (Phi) is 3.01. The van der Waals surface area contributed by atoms with Crippen molar-refractivity contribution in [1.29, 1.82) is 0 Å². The van der Waals surface area contributed by atoms with Gasteiger partial charge in [0.15, 0.2) is 0 Å². The average molecular weight is 291 g/mol. The number of hydrogen-bond donors (Lipinski definition) is 1. The van der Waals surface area contributed by atoms with Gasteiger partial charge in [0.25, 0.3) is 5.91 Å². The van der Waals surface area contributed by atoms with E-state index in [0.717, 1.165) is 11.1 Å². The normalized spacial score (nSPS) is 15.5. The third-order valence-corrected chi connectivity index (χ3v) is 3.26. The molecule has 1 aromatic heterocycles. The number of halogens is 2. The fraction of sp³-hybridized carbons (Fsp3) is 0. The highest BCUT2D eigenvalue weighted by atomic mass is 35.5. The van der Waals surface area contributed by atoms with Gasteiger partial charge >= 0.3 is 0 Å². The maximum Gasteiger partial charge on any atom is 0.256 e. The van der Waals surface area contributed by atoms with Gasteiger partial charge < -0.3 is 5.32 Å². The smallest absolute Gasteiger partial charge is 0.256 e. The van der Waals surface area contributed by atoms with Crippen LogP contribution in [0.1, 0.15) is 11.1 Å². The minimum Gasteiger partial charge on any atom is -0.321 e. The Hall–Kier alpha value is -1.84. The second kappa shape index (κ2) is 4.68. The van der Waals surface area contributed by atoms with Crippen LogP contribution in [0.15, 0.2) is 36.5 Å². The summed E-state index contributed by atoms with van der Waals surface area (Å²) in [5, 5.41) is 3.74. The topological polar surface area (TPSA) is 42.0 Å². The first-order valence-electron chi connectivity index (χ1n) is 5.58. The number of benzene rings is 1. The summed E-state index contributed by atoms with van der Waals surface area (Å²) in [5.74, 6) is -0.168. The van der Waals surface area contributed by atoms with Crippen molar-refractivity contribution in [2.24, 2.45) is 0 Å². The van der Waals surface area contributed by atoms with Gasteiger partial charge in [0.2, 0.25) is 0 Å². The van der Waals surface area contributed by atoms with Gasteiger partial charge in [-0.25, -0.2) is 4.98 Å². The molecule has 1 aromatic carbocycles. The zero-order valence-electron chi connectivity index (χ0n) is 9.65. The molecule has 2 aromatic rings. The van der Waals surface area contributed by atoms with Gasteiger partial charge in [-0.05, 0) is 29.8 Å². The quantitative estimate of drug-likeness (QED) is 0.640. The molecule has 3 rings (SSSR count). The number of rotatable bonds is 1. The second-order valence-electron chi connectivity index (χ2n) is 4.12. The molecule has 1 aliphatic heterocycles. The highest BCUT2D eigenvalue weighted by molar-refractivity contribution is 6.36. The van der Waals surface area contributed by atoms with Crippen molar-refractivity contribution in [2.75, 3.05) is 5.32 Å². The largest absolute Gasteiger partial charge is 0.321 e. The molecule has 0 spiro atoms. The standard InChI is InChI=1S/C14H8Cl2N2O/c15-9-3-1-2-8(4-9)5-10-11-7-17-13(16)6-12(11)18-14(10)19/h1-7H,(H,18,19). The van der Waals surface area contributed by atoms with E-state index in [1.54, 1.807) is 30.5 Å². The molecule has 0 fully saturated rings. The van der Waals surface area contributed by atoms with E-state index in [1.807, 2.05) is 12.1 Å². The van der Waals surface area contributed by atoms with E-state index in [4.69, 9.17) is 23.2 Å². The van der Waals surface area contributed by atoms with Crippen LogP contribution in [0.25, 0.3) is 11.6 Å². The van der Waals surface area contributed by atoms with Crippen LogP contribution in [0.4, 0.5) is 5.69 Å². The van der Waals surface area contributed by atoms with Crippen molar-refractivity contribution in [3.63, 3.8) is 0 Å². The van der Waals surface area contributed by atoms with E-state index in [0.29, 0.717) is 21.4 Å². The number of fused-ring (bicyclic) bond motifs is 1. The van der Waals surface area contributed by atoms with E-state index >= 15 is 0 Å². The number of pyridine rings is 1. The molecule has 1 amide bonds. The Morgan fingerprint density at radius 3 is 2.84 bits per heavy atom. The molecule has 0 saturated heterocycles. The number of carbonyl (C=O) groups excluding carboxylic acids is 1. The number of carbonyl (C=O) groups is 1. The molecule has 0 unspecified atom stereocenters. The summed E-state index contributed by atoms with van der Waals surface area (Å²) in [5.41, 5.74) is 2.84. The maximum absolute atomic E-state index is 11.9. The lowest BCUT2D eigenvalue weighted by Gasteiger charge is -1.99. The monoisotopic (exact) mass is 290 g/mol. The first-order valence-corrected chi connectivity index (χ1v) is 6.33. The molecule has 3 nitrogen and oxygen atoms in total. The Bertz CT molecular complexity index is 710. The lowest BCUT2D eigenvalue weighted by molar-refractivity contribution is -0.110. The highest BCUT2D eigenvalue weighted by Crippen LogP contribution is 2.33. The first kappa shape index (κ1) is 12.2. The summed E-state index contributed by atoms with van der Waals surface area (Å²) in [6.45, 7) is 0. The molecular formula is C14H8Cl2N2O. The van der Waals surface area contributed by atoms with E-state index < -0.39 is 0 Å². The summed E-state index contributed by atoms with van der Waals surface area (Å²) in [7, 11) is 0. The molecule has 2 heterocycles. The minimum absolute atomic E-state index is 0.168. The fourth-order valence-corrected chi connectivity index (χ4v) is 2.32. The summed E-state index contributed by atoms with van der Waals surface area (Å²) in [6.07, 6.45) is 3.37. The van der Waals surface area contributed by atoms with Gasteiger partial charge in [0.1, 0.15) is 5.15 Å². The van der Waals surface area contributed by atoms with Gasteiger partial charge in [-0.1, -0.05) is 35.3 Å². The van der Waals surface area contributed by atoms with Crippen LogP contribution in [-0.2, 0) is 4.79 Å². The SMILES string of the molecule is O=C1Nc2cc(Cl)ncc2C1=Cc1cccc(Cl)c1. The molecule has 1 N–H and O–H groups in total. The van der Waals surface area contributed by atoms with E-state index in [9.17, 15) is 4.79 Å². The van der Waals surface area contributed by atoms with Gasteiger partial charge in [-0.15, -0.1) is 0 Å². The molecule has 1 aliphatic rings. The molecule has 0 atom stereocenters. The molecule has 0 radical (unpaired) electrons. The van der Waals surface area contributed by atoms with Crippen LogP contribution in [-0.4, -0.2) is 10.9 Å². The average Bonchev–Trinajstić information content (AvgIpc) is 2.65. The Balaban J connectivity index is 2.09. The number of hydrogen-bond acceptors (Lipinski definition) is 2. The van der Waals surface area contributed by atoms with Crippen molar-refractivity contribution >= 4 is 46.4 Å². The predicted octanol–water partition coefficient (Wildman–Crippen LogP) is 3.88. The molecule has 0 aliphatic carbocycles. The first-order chi connectivity index (χ1) is 9.13. The number of nitrogens with one attached hydrogen (secondary N) is 1. The lowest BCUT2D eigenvalue weighted by atomic mass is 10.1. The van der Waals surface area contributed by atoms with Crippen LogP contribution >= 0.6 is 23.2 Å². The maximum atomic E-state index is 11.9. The molecule has 5 heteroatoms. The lowest BCUT2D eigenvalue weighted by Crippen LogP contribution is -2.03. The molecular weight excluding hydrogens is 283 g/mol. The third-order valence-electron chi connectivity index (χ3n) is 2.81. The van der Waals surface area contributed by atoms with Crippen molar-refractivity contribution in [3.05, 3.63) is 57.8 Å². The van der Waals surface area contributed by atoms with Crippen LogP contribution in [0.3, 0.4) is 0 Å². The highest BCUT2D eigenvalue weighted by Gasteiger charge is 2.24. The molecule has 19 heavy (non-hydrogen) atoms. The van der Waals surface area contributed by atoms with Crippen molar-refractivity contribution in [1.82, 2.24) is 4.98 Å².